The van der Waals surface area contributed by atoms with Gasteiger partial charge < -0.3 is 4.57 Å². The summed E-state index contributed by atoms with van der Waals surface area (Å²) < 4.78 is 2.14. The van der Waals surface area contributed by atoms with Crippen LogP contribution in [-0.2, 0) is 13.1 Å². The minimum atomic E-state index is -0.296. The van der Waals surface area contributed by atoms with Crippen molar-refractivity contribution in [2.45, 2.75) is 69.2 Å². The third kappa shape index (κ3) is 2.56. The van der Waals surface area contributed by atoms with Crippen molar-refractivity contribution < 1.29 is 0 Å². The first-order valence-electron chi connectivity index (χ1n) is 8.08. The second-order valence-corrected chi connectivity index (χ2v) is 6.77. The number of nitriles is 1. The van der Waals surface area contributed by atoms with Gasteiger partial charge in [0.25, 0.3) is 0 Å². The highest BCUT2D eigenvalue weighted by Gasteiger charge is 2.42. The molecule has 2 aliphatic carbocycles. The SMILES string of the molecule is N#CC1(NC2CC2)CCCC(N2CCn3cnnc3C2)C1. The summed E-state index contributed by atoms with van der Waals surface area (Å²) in [4.78, 5) is 2.50. The minimum Gasteiger partial charge on any atom is -0.315 e. The van der Waals surface area contributed by atoms with Crippen molar-refractivity contribution in [3.63, 3.8) is 0 Å². The topological polar surface area (TPSA) is 69.8 Å². The Morgan fingerprint density at radius 1 is 1.33 bits per heavy atom. The molecule has 2 heterocycles. The Bertz CT molecular complexity index is 557. The smallest absolute Gasteiger partial charge is 0.147 e. The predicted molar refractivity (Wildman–Crippen MR) is 77.2 cm³/mol. The van der Waals surface area contributed by atoms with E-state index in [9.17, 15) is 5.26 Å². The molecule has 0 bridgehead atoms. The van der Waals surface area contributed by atoms with Crippen molar-refractivity contribution in [3.8, 4) is 6.07 Å². The molecular weight excluding hydrogens is 264 g/mol. The number of aromatic nitrogens is 3. The van der Waals surface area contributed by atoms with Gasteiger partial charge in [-0.15, -0.1) is 10.2 Å². The molecule has 0 radical (unpaired) electrons. The Labute approximate surface area is 125 Å². The lowest BCUT2D eigenvalue weighted by Gasteiger charge is -2.43. The lowest BCUT2D eigenvalue weighted by Crippen LogP contribution is -2.54. The van der Waals surface area contributed by atoms with Crippen LogP contribution >= 0.6 is 0 Å². The molecule has 1 aliphatic heterocycles. The first-order chi connectivity index (χ1) is 10.3. The van der Waals surface area contributed by atoms with E-state index in [1.807, 2.05) is 6.33 Å². The van der Waals surface area contributed by atoms with E-state index in [0.717, 1.165) is 44.7 Å². The first kappa shape index (κ1) is 13.2. The fraction of sp³-hybridized carbons (Fsp3) is 0.800. The summed E-state index contributed by atoms with van der Waals surface area (Å²) >= 11 is 0. The molecule has 21 heavy (non-hydrogen) atoms. The van der Waals surface area contributed by atoms with Gasteiger partial charge in [0.2, 0.25) is 0 Å². The normalized spacial score (nSPS) is 33.4. The third-order valence-corrected chi connectivity index (χ3v) is 5.18. The molecule has 6 nitrogen and oxygen atoms in total. The molecule has 112 valence electrons. The van der Waals surface area contributed by atoms with Gasteiger partial charge >= 0.3 is 0 Å². The number of hydrogen-bond donors (Lipinski definition) is 1. The standard InChI is InChI=1S/C15H22N6/c16-10-15(18-12-3-4-12)5-1-2-13(8-15)20-6-7-21-11-17-19-14(21)9-20/h11-13,18H,1-9H2. The van der Waals surface area contributed by atoms with Crippen LogP contribution in [0.2, 0.25) is 0 Å². The number of nitrogens with zero attached hydrogens (tertiary/aromatic N) is 5. The van der Waals surface area contributed by atoms with Crippen LogP contribution in [-0.4, -0.2) is 43.8 Å². The average molecular weight is 286 g/mol. The number of rotatable bonds is 3. The molecule has 0 spiro atoms. The van der Waals surface area contributed by atoms with Gasteiger partial charge in [0.1, 0.15) is 17.7 Å². The molecule has 0 amide bonds. The first-order valence-corrected chi connectivity index (χ1v) is 8.08. The number of nitrogens with one attached hydrogen (secondary N) is 1. The Hall–Kier alpha value is -1.45. The highest BCUT2D eigenvalue weighted by atomic mass is 15.3. The molecule has 1 aromatic heterocycles. The monoisotopic (exact) mass is 286 g/mol. The van der Waals surface area contributed by atoms with Crippen LogP contribution in [0.15, 0.2) is 6.33 Å². The largest absolute Gasteiger partial charge is 0.315 e. The van der Waals surface area contributed by atoms with E-state index in [-0.39, 0.29) is 5.54 Å². The Morgan fingerprint density at radius 2 is 2.24 bits per heavy atom. The van der Waals surface area contributed by atoms with Gasteiger partial charge in [0.15, 0.2) is 0 Å². The van der Waals surface area contributed by atoms with E-state index in [1.54, 1.807) is 0 Å². The Kier molecular flexibility index (Phi) is 3.20. The van der Waals surface area contributed by atoms with Crippen molar-refractivity contribution in [1.82, 2.24) is 25.0 Å². The van der Waals surface area contributed by atoms with Gasteiger partial charge in [0.05, 0.1) is 12.6 Å². The van der Waals surface area contributed by atoms with E-state index in [1.165, 1.54) is 19.3 Å². The minimum absolute atomic E-state index is 0.296. The molecule has 2 fully saturated rings. The van der Waals surface area contributed by atoms with E-state index >= 15 is 0 Å². The number of hydrogen-bond acceptors (Lipinski definition) is 5. The maximum absolute atomic E-state index is 9.70. The second kappa shape index (κ2) is 5.08. The molecule has 0 aromatic carbocycles. The fourth-order valence-electron chi connectivity index (χ4n) is 3.84. The molecule has 2 unspecified atom stereocenters. The van der Waals surface area contributed by atoms with Crippen molar-refractivity contribution in [2.75, 3.05) is 6.54 Å². The highest BCUT2D eigenvalue weighted by molar-refractivity contribution is 5.13. The summed E-state index contributed by atoms with van der Waals surface area (Å²) in [5.41, 5.74) is -0.296. The van der Waals surface area contributed by atoms with Crippen molar-refractivity contribution in [2.24, 2.45) is 0 Å². The van der Waals surface area contributed by atoms with Crippen LogP contribution in [0.1, 0.15) is 44.3 Å². The van der Waals surface area contributed by atoms with E-state index in [4.69, 9.17) is 0 Å². The molecule has 4 rings (SSSR count). The van der Waals surface area contributed by atoms with Gasteiger partial charge in [-0.05, 0) is 38.5 Å². The van der Waals surface area contributed by atoms with Crippen LogP contribution in [0.5, 0.6) is 0 Å². The lowest BCUT2D eigenvalue weighted by molar-refractivity contribution is 0.0924. The van der Waals surface area contributed by atoms with Gasteiger partial charge in [-0.2, -0.15) is 5.26 Å². The predicted octanol–water partition coefficient (Wildman–Crippen LogP) is 1.05. The summed E-state index contributed by atoms with van der Waals surface area (Å²) in [6.07, 6.45) is 8.59. The average Bonchev–Trinajstić information content (AvgIpc) is 3.20. The Morgan fingerprint density at radius 3 is 3.05 bits per heavy atom. The van der Waals surface area contributed by atoms with Gasteiger partial charge in [-0.1, -0.05) is 0 Å². The molecule has 1 aromatic rings. The van der Waals surface area contributed by atoms with E-state index < -0.39 is 0 Å². The maximum atomic E-state index is 9.70. The van der Waals surface area contributed by atoms with Crippen LogP contribution in [0.4, 0.5) is 0 Å². The molecule has 2 atom stereocenters. The van der Waals surface area contributed by atoms with Gasteiger partial charge in [-0.3, -0.25) is 10.2 Å². The molecular formula is C15H22N6. The van der Waals surface area contributed by atoms with Crippen molar-refractivity contribution in [1.29, 1.82) is 5.26 Å². The third-order valence-electron chi connectivity index (χ3n) is 5.18. The van der Waals surface area contributed by atoms with Gasteiger partial charge in [-0.25, -0.2) is 0 Å². The quantitative estimate of drug-likeness (QED) is 0.899. The zero-order valence-corrected chi connectivity index (χ0v) is 12.3. The summed E-state index contributed by atoms with van der Waals surface area (Å²) in [6, 6.07) is 3.69. The Balaban J connectivity index is 1.47. The van der Waals surface area contributed by atoms with Gasteiger partial charge in [0, 0.05) is 25.2 Å². The van der Waals surface area contributed by atoms with E-state index in [0.29, 0.717) is 12.1 Å². The summed E-state index contributed by atoms with van der Waals surface area (Å²) in [5.74, 6) is 1.06. The zero-order chi connectivity index (χ0) is 14.3. The molecule has 0 saturated heterocycles. The molecule has 1 N–H and O–H groups in total. The second-order valence-electron chi connectivity index (χ2n) is 6.77. The van der Waals surface area contributed by atoms with Crippen molar-refractivity contribution in [3.05, 3.63) is 12.2 Å². The van der Waals surface area contributed by atoms with Crippen LogP contribution in [0.3, 0.4) is 0 Å². The van der Waals surface area contributed by atoms with Crippen molar-refractivity contribution >= 4 is 0 Å². The summed E-state index contributed by atoms with van der Waals surface area (Å²) in [6.45, 7) is 2.88. The zero-order valence-electron chi connectivity index (χ0n) is 12.3. The molecule has 2 saturated carbocycles. The highest BCUT2D eigenvalue weighted by Crippen LogP contribution is 2.35. The molecule has 6 heteroatoms. The van der Waals surface area contributed by atoms with E-state index in [2.05, 4.69) is 31.1 Å². The van der Waals surface area contributed by atoms with Crippen LogP contribution < -0.4 is 5.32 Å². The fourth-order valence-corrected chi connectivity index (χ4v) is 3.84. The van der Waals surface area contributed by atoms with Crippen LogP contribution in [0, 0.1) is 11.3 Å². The molecule has 3 aliphatic rings. The lowest BCUT2D eigenvalue weighted by atomic mass is 9.79. The van der Waals surface area contributed by atoms with Crippen LogP contribution in [0.25, 0.3) is 0 Å². The summed E-state index contributed by atoms with van der Waals surface area (Å²) in [5, 5.41) is 21.5. The number of fused-ring (bicyclic) bond motifs is 1. The summed E-state index contributed by atoms with van der Waals surface area (Å²) in [7, 11) is 0. The maximum Gasteiger partial charge on any atom is 0.147 e.